The van der Waals surface area contributed by atoms with Gasteiger partial charge >= 0.3 is 0 Å². The molecule has 0 bridgehead atoms. The fourth-order valence-electron chi connectivity index (χ4n) is 3.58. The minimum Gasteiger partial charge on any atom is -0.493 e. The highest BCUT2D eigenvalue weighted by molar-refractivity contribution is 7.13. The van der Waals surface area contributed by atoms with Gasteiger partial charge < -0.3 is 19.5 Å². The van der Waals surface area contributed by atoms with E-state index in [0.29, 0.717) is 23.8 Å². The molecule has 0 unspecified atom stereocenters. The fourth-order valence-corrected chi connectivity index (χ4v) is 4.41. The molecule has 1 N–H and O–H groups in total. The number of carbonyl (C=O) groups excluding carboxylic acids is 1. The molecule has 0 aliphatic carbocycles. The lowest BCUT2D eigenvalue weighted by atomic mass is 10.1. The minimum absolute atomic E-state index is 0.204. The number of carbonyl (C=O) groups is 1. The second-order valence-electron chi connectivity index (χ2n) is 7.61. The third-order valence-corrected chi connectivity index (χ3v) is 6.22. The first-order valence-electron chi connectivity index (χ1n) is 11.0. The first-order valence-corrected chi connectivity index (χ1v) is 11.9. The average Bonchev–Trinajstić information content (AvgIpc) is 3.41. The second kappa shape index (κ2) is 11.4. The lowest BCUT2D eigenvalue weighted by Crippen LogP contribution is -2.20. The fraction of sp³-hybridized carbons (Fsp3) is 0.143. The van der Waals surface area contributed by atoms with Crippen molar-refractivity contribution in [2.75, 3.05) is 21.3 Å². The number of benzene rings is 3. The summed E-state index contributed by atoms with van der Waals surface area (Å²) in [6.07, 6.45) is 3.19. The van der Waals surface area contributed by atoms with E-state index in [0.717, 1.165) is 33.0 Å². The molecule has 0 spiro atoms. The first-order chi connectivity index (χ1) is 17.1. The predicted octanol–water partition coefficient (Wildman–Crippen LogP) is 5.83. The number of thiazole rings is 1. The van der Waals surface area contributed by atoms with Gasteiger partial charge in [-0.1, -0.05) is 48.5 Å². The highest BCUT2D eigenvalue weighted by Crippen LogP contribution is 2.38. The quantitative estimate of drug-likeness (QED) is 0.301. The molecule has 1 aromatic heterocycles. The Morgan fingerprint density at radius 1 is 0.914 bits per heavy atom. The molecular formula is C28H26N2O4S. The highest BCUT2D eigenvalue weighted by Gasteiger charge is 2.12. The van der Waals surface area contributed by atoms with E-state index in [-0.39, 0.29) is 5.91 Å². The SMILES string of the molecule is COc1cc(/C=C/C(=O)NCc2cccc(-c3nc(-c4ccccc4)cs3)c2)cc(OC)c1OC. The van der Waals surface area contributed by atoms with Gasteiger partial charge in [0.25, 0.3) is 0 Å². The van der Waals surface area contributed by atoms with E-state index in [1.807, 2.05) is 36.4 Å². The van der Waals surface area contributed by atoms with Gasteiger partial charge in [-0.15, -0.1) is 11.3 Å². The summed E-state index contributed by atoms with van der Waals surface area (Å²) in [7, 11) is 4.66. The Hall–Kier alpha value is -4.10. The van der Waals surface area contributed by atoms with Gasteiger partial charge in [-0.2, -0.15) is 0 Å². The van der Waals surface area contributed by atoms with E-state index in [9.17, 15) is 4.79 Å². The molecule has 4 rings (SSSR count). The summed E-state index contributed by atoms with van der Waals surface area (Å²) < 4.78 is 16.1. The molecule has 3 aromatic carbocycles. The number of rotatable bonds is 9. The van der Waals surface area contributed by atoms with Crippen LogP contribution in [-0.2, 0) is 11.3 Å². The number of methoxy groups -OCH3 is 3. The van der Waals surface area contributed by atoms with E-state index in [1.165, 1.54) is 6.08 Å². The van der Waals surface area contributed by atoms with E-state index in [4.69, 9.17) is 19.2 Å². The zero-order valence-electron chi connectivity index (χ0n) is 19.8. The summed E-state index contributed by atoms with van der Waals surface area (Å²) in [5.74, 6) is 1.36. The largest absolute Gasteiger partial charge is 0.493 e. The van der Waals surface area contributed by atoms with Crippen molar-refractivity contribution >= 4 is 23.3 Å². The summed E-state index contributed by atoms with van der Waals surface area (Å²) in [5.41, 5.74) is 4.83. The Bertz CT molecular complexity index is 1310. The van der Waals surface area contributed by atoms with E-state index in [2.05, 4.69) is 28.9 Å². The van der Waals surface area contributed by atoms with Gasteiger partial charge in [-0.25, -0.2) is 4.98 Å². The Kier molecular flexibility index (Phi) is 7.80. The molecular weight excluding hydrogens is 460 g/mol. The van der Waals surface area contributed by atoms with Crippen molar-refractivity contribution in [1.82, 2.24) is 10.3 Å². The summed E-state index contributed by atoms with van der Waals surface area (Å²) in [6.45, 7) is 0.406. The third-order valence-electron chi connectivity index (χ3n) is 5.33. The van der Waals surface area contributed by atoms with Crippen LogP contribution in [0.25, 0.3) is 27.9 Å². The Balaban J connectivity index is 1.41. The Labute approximate surface area is 208 Å². The smallest absolute Gasteiger partial charge is 0.244 e. The molecule has 0 radical (unpaired) electrons. The number of ether oxygens (including phenoxy) is 3. The lowest BCUT2D eigenvalue weighted by molar-refractivity contribution is -0.116. The molecule has 7 heteroatoms. The molecule has 0 saturated carbocycles. The van der Waals surface area contributed by atoms with Crippen LogP contribution in [0.2, 0.25) is 0 Å². The van der Waals surface area contributed by atoms with Crippen molar-refractivity contribution in [2.24, 2.45) is 0 Å². The summed E-state index contributed by atoms with van der Waals surface area (Å²) in [4.78, 5) is 17.2. The molecule has 0 saturated heterocycles. The molecule has 4 aromatic rings. The second-order valence-corrected chi connectivity index (χ2v) is 8.47. The number of nitrogens with zero attached hydrogens (tertiary/aromatic N) is 1. The molecule has 1 amide bonds. The van der Waals surface area contributed by atoms with Crippen LogP contribution in [-0.4, -0.2) is 32.2 Å². The van der Waals surface area contributed by atoms with Crippen LogP contribution < -0.4 is 19.5 Å². The van der Waals surface area contributed by atoms with Crippen LogP contribution in [0.3, 0.4) is 0 Å². The van der Waals surface area contributed by atoms with Gasteiger partial charge in [0.2, 0.25) is 11.7 Å². The van der Waals surface area contributed by atoms with E-state index >= 15 is 0 Å². The van der Waals surface area contributed by atoms with Gasteiger partial charge in [-0.05, 0) is 35.4 Å². The zero-order chi connectivity index (χ0) is 24.6. The van der Waals surface area contributed by atoms with Crippen LogP contribution in [0.15, 0.2) is 78.2 Å². The predicted molar refractivity (Wildman–Crippen MR) is 140 cm³/mol. The summed E-state index contributed by atoms with van der Waals surface area (Å²) in [5, 5.41) is 5.94. The number of hydrogen-bond acceptors (Lipinski definition) is 6. The van der Waals surface area contributed by atoms with Crippen LogP contribution in [0.1, 0.15) is 11.1 Å². The van der Waals surface area contributed by atoms with Crippen molar-refractivity contribution in [1.29, 1.82) is 0 Å². The van der Waals surface area contributed by atoms with Gasteiger partial charge in [0.1, 0.15) is 5.01 Å². The highest BCUT2D eigenvalue weighted by atomic mass is 32.1. The van der Waals surface area contributed by atoms with Crippen molar-refractivity contribution in [3.05, 3.63) is 89.3 Å². The van der Waals surface area contributed by atoms with Crippen LogP contribution in [0.5, 0.6) is 17.2 Å². The number of nitrogens with one attached hydrogen (secondary N) is 1. The van der Waals surface area contributed by atoms with Crippen LogP contribution in [0.4, 0.5) is 0 Å². The lowest BCUT2D eigenvalue weighted by Gasteiger charge is -2.12. The first kappa shape index (κ1) is 24.0. The van der Waals surface area contributed by atoms with Crippen molar-refractivity contribution in [3.8, 4) is 39.1 Å². The topological polar surface area (TPSA) is 69.7 Å². The molecule has 1 heterocycles. The zero-order valence-corrected chi connectivity index (χ0v) is 20.6. The maximum atomic E-state index is 12.4. The number of amides is 1. The monoisotopic (exact) mass is 486 g/mol. The normalized spacial score (nSPS) is 10.8. The minimum atomic E-state index is -0.204. The van der Waals surface area contributed by atoms with Crippen molar-refractivity contribution in [3.63, 3.8) is 0 Å². The molecule has 0 aliphatic rings. The molecule has 0 fully saturated rings. The molecule has 0 aliphatic heterocycles. The van der Waals surface area contributed by atoms with Crippen LogP contribution >= 0.6 is 11.3 Å². The van der Waals surface area contributed by atoms with E-state index < -0.39 is 0 Å². The average molecular weight is 487 g/mol. The summed E-state index contributed by atoms with van der Waals surface area (Å²) in [6, 6.07) is 21.7. The van der Waals surface area contributed by atoms with Crippen molar-refractivity contribution in [2.45, 2.75) is 6.54 Å². The van der Waals surface area contributed by atoms with Gasteiger partial charge in [-0.3, -0.25) is 4.79 Å². The van der Waals surface area contributed by atoms with Gasteiger partial charge in [0.15, 0.2) is 11.5 Å². The molecule has 6 nitrogen and oxygen atoms in total. The molecule has 0 atom stereocenters. The maximum absolute atomic E-state index is 12.4. The third kappa shape index (κ3) is 5.88. The van der Waals surface area contributed by atoms with Gasteiger partial charge in [0.05, 0.1) is 27.0 Å². The maximum Gasteiger partial charge on any atom is 0.244 e. The van der Waals surface area contributed by atoms with Crippen molar-refractivity contribution < 1.29 is 19.0 Å². The number of aromatic nitrogens is 1. The van der Waals surface area contributed by atoms with Gasteiger partial charge in [0, 0.05) is 29.1 Å². The Morgan fingerprint density at radius 2 is 1.63 bits per heavy atom. The van der Waals surface area contributed by atoms with Crippen LogP contribution in [0, 0.1) is 0 Å². The number of hydrogen-bond donors (Lipinski definition) is 1. The molecule has 178 valence electrons. The molecule has 35 heavy (non-hydrogen) atoms. The summed E-state index contributed by atoms with van der Waals surface area (Å²) >= 11 is 1.61. The standard InChI is InChI=1S/C28H26N2O4S/c1-32-24-15-19(16-25(33-2)27(24)34-3)12-13-26(31)29-17-20-8-7-11-22(14-20)28-30-23(18-35-28)21-9-5-4-6-10-21/h4-16,18H,17H2,1-3H3,(H,29,31)/b13-12+. The van der Waals surface area contributed by atoms with E-state index in [1.54, 1.807) is 50.9 Å². The Morgan fingerprint density at radius 3 is 2.31 bits per heavy atom.